The SMILES string of the molecule is CCOc1ccc(C=O)cc1-c1ccc(OCc2ccccc2)nc1OCc1ccccc1. The normalized spacial score (nSPS) is 10.5. The van der Waals surface area contributed by atoms with Crippen LogP contribution < -0.4 is 14.2 Å². The van der Waals surface area contributed by atoms with Gasteiger partial charge >= 0.3 is 0 Å². The van der Waals surface area contributed by atoms with E-state index in [0.29, 0.717) is 42.9 Å². The summed E-state index contributed by atoms with van der Waals surface area (Å²) >= 11 is 0. The van der Waals surface area contributed by atoms with Crippen LogP contribution in [0.25, 0.3) is 11.1 Å². The smallest absolute Gasteiger partial charge is 0.225 e. The van der Waals surface area contributed by atoms with E-state index in [1.807, 2.05) is 73.7 Å². The number of carbonyl (C=O) groups excluding carboxylic acids is 1. The Morgan fingerprint density at radius 3 is 2.03 bits per heavy atom. The maximum atomic E-state index is 11.4. The van der Waals surface area contributed by atoms with E-state index in [9.17, 15) is 4.79 Å². The molecule has 0 aliphatic rings. The Morgan fingerprint density at radius 2 is 1.39 bits per heavy atom. The van der Waals surface area contributed by atoms with Gasteiger partial charge in [-0.25, -0.2) is 0 Å². The number of nitrogens with zero attached hydrogens (tertiary/aromatic N) is 1. The molecular formula is C28H25NO4. The van der Waals surface area contributed by atoms with Gasteiger partial charge in [-0.2, -0.15) is 4.98 Å². The predicted octanol–water partition coefficient (Wildman–Crippen LogP) is 6.12. The Morgan fingerprint density at radius 1 is 0.727 bits per heavy atom. The van der Waals surface area contributed by atoms with Crippen LogP contribution in [0, 0.1) is 0 Å². The van der Waals surface area contributed by atoms with Crippen molar-refractivity contribution >= 4 is 6.29 Å². The van der Waals surface area contributed by atoms with E-state index in [2.05, 4.69) is 4.98 Å². The molecule has 33 heavy (non-hydrogen) atoms. The number of hydrogen-bond acceptors (Lipinski definition) is 5. The molecule has 4 rings (SSSR count). The Bertz CT molecular complexity index is 1190. The lowest BCUT2D eigenvalue weighted by atomic mass is 10.0. The fraction of sp³-hybridized carbons (Fsp3) is 0.143. The molecule has 0 bridgehead atoms. The van der Waals surface area contributed by atoms with Gasteiger partial charge < -0.3 is 14.2 Å². The van der Waals surface area contributed by atoms with E-state index in [1.54, 1.807) is 24.3 Å². The van der Waals surface area contributed by atoms with Crippen LogP contribution in [-0.4, -0.2) is 17.9 Å². The summed E-state index contributed by atoms with van der Waals surface area (Å²) in [5.74, 6) is 1.52. The van der Waals surface area contributed by atoms with Crippen molar-refractivity contribution in [2.75, 3.05) is 6.61 Å². The molecule has 166 valence electrons. The Balaban J connectivity index is 1.68. The summed E-state index contributed by atoms with van der Waals surface area (Å²) in [5.41, 5.74) is 4.09. The molecule has 0 aliphatic carbocycles. The molecule has 0 atom stereocenters. The standard InChI is InChI=1S/C28H25NO4/c1-2-31-26-15-13-23(18-30)17-25(26)24-14-16-27(32-19-21-9-5-3-6-10-21)29-28(24)33-20-22-11-7-4-8-12-22/h3-18H,2,19-20H2,1H3. The quantitative estimate of drug-likeness (QED) is 0.279. The molecule has 1 aromatic heterocycles. The van der Waals surface area contributed by atoms with E-state index in [4.69, 9.17) is 14.2 Å². The average molecular weight is 440 g/mol. The first kappa shape index (κ1) is 22.1. The molecule has 0 N–H and O–H groups in total. The summed E-state index contributed by atoms with van der Waals surface area (Å²) < 4.78 is 17.9. The minimum absolute atomic E-state index is 0.348. The number of benzene rings is 3. The molecular weight excluding hydrogens is 414 g/mol. The Hall–Kier alpha value is -4.12. The molecule has 0 radical (unpaired) electrons. The van der Waals surface area contributed by atoms with Gasteiger partial charge in [-0.15, -0.1) is 0 Å². The second-order valence-electron chi connectivity index (χ2n) is 7.36. The predicted molar refractivity (Wildman–Crippen MR) is 128 cm³/mol. The summed E-state index contributed by atoms with van der Waals surface area (Å²) in [6, 6.07) is 28.8. The first-order valence-corrected chi connectivity index (χ1v) is 10.8. The largest absolute Gasteiger partial charge is 0.493 e. The van der Waals surface area contributed by atoms with Crippen LogP contribution in [0.5, 0.6) is 17.5 Å². The van der Waals surface area contributed by atoms with Crippen LogP contribution in [0.3, 0.4) is 0 Å². The third-order valence-corrected chi connectivity index (χ3v) is 5.01. The Kier molecular flexibility index (Phi) is 7.33. The minimum Gasteiger partial charge on any atom is -0.493 e. The van der Waals surface area contributed by atoms with E-state index in [-0.39, 0.29) is 0 Å². The van der Waals surface area contributed by atoms with Gasteiger partial charge in [-0.1, -0.05) is 60.7 Å². The van der Waals surface area contributed by atoms with Crippen molar-refractivity contribution in [3.8, 4) is 28.6 Å². The number of aldehydes is 1. The van der Waals surface area contributed by atoms with Crippen molar-refractivity contribution in [2.45, 2.75) is 20.1 Å². The van der Waals surface area contributed by atoms with Crippen molar-refractivity contribution in [1.29, 1.82) is 0 Å². The second-order valence-corrected chi connectivity index (χ2v) is 7.36. The highest BCUT2D eigenvalue weighted by molar-refractivity contribution is 5.83. The maximum Gasteiger partial charge on any atom is 0.225 e. The number of carbonyl (C=O) groups is 1. The van der Waals surface area contributed by atoms with Crippen molar-refractivity contribution in [3.63, 3.8) is 0 Å². The summed E-state index contributed by atoms with van der Waals surface area (Å²) in [4.78, 5) is 16.1. The van der Waals surface area contributed by atoms with Crippen LogP contribution in [0.2, 0.25) is 0 Å². The number of pyridine rings is 1. The first-order chi connectivity index (χ1) is 16.3. The van der Waals surface area contributed by atoms with Gasteiger partial charge in [0.15, 0.2) is 0 Å². The summed E-state index contributed by atoms with van der Waals surface area (Å²) in [5, 5.41) is 0. The molecule has 5 nitrogen and oxygen atoms in total. The van der Waals surface area contributed by atoms with Gasteiger partial charge in [-0.3, -0.25) is 4.79 Å². The lowest BCUT2D eigenvalue weighted by Crippen LogP contribution is -2.03. The molecule has 0 saturated heterocycles. The van der Waals surface area contributed by atoms with Crippen molar-refractivity contribution < 1.29 is 19.0 Å². The van der Waals surface area contributed by atoms with Crippen LogP contribution in [0.15, 0.2) is 91.0 Å². The van der Waals surface area contributed by atoms with Crippen LogP contribution in [0.1, 0.15) is 28.4 Å². The van der Waals surface area contributed by atoms with Crippen molar-refractivity contribution in [1.82, 2.24) is 4.98 Å². The monoisotopic (exact) mass is 439 g/mol. The summed E-state index contributed by atoms with van der Waals surface area (Å²) in [7, 11) is 0. The number of rotatable bonds is 10. The van der Waals surface area contributed by atoms with Gasteiger partial charge in [0, 0.05) is 22.8 Å². The fourth-order valence-electron chi connectivity index (χ4n) is 3.39. The van der Waals surface area contributed by atoms with Gasteiger partial charge in [-0.05, 0) is 42.3 Å². The number of aromatic nitrogens is 1. The van der Waals surface area contributed by atoms with Crippen LogP contribution in [0.4, 0.5) is 0 Å². The fourth-order valence-corrected chi connectivity index (χ4v) is 3.39. The summed E-state index contributed by atoms with van der Waals surface area (Å²) in [6.45, 7) is 3.17. The second kappa shape index (κ2) is 11.0. The first-order valence-electron chi connectivity index (χ1n) is 10.8. The molecule has 3 aromatic carbocycles. The van der Waals surface area contributed by atoms with Gasteiger partial charge in [0.05, 0.1) is 6.61 Å². The molecule has 0 amide bonds. The van der Waals surface area contributed by atoms with Crippen LogP contribution >= 0.6 is 0 Å². The molecule has 0 unspecified atom stereocenters. The molecule has 0 aliphatic heterocycles. The zero-order valence-electron chi connectivity index (χ0n) is 18.4. The topological polar surface area (TPSA) is 57.7 Å². The molecule has 0 fully saturated rings. The highest BCUT2D eigenvalue weighted by atomic mass is 16.5. The molecule has 5 heteroatoms. The van der Waals surface area contributed by atoms with E-state index in [1.165, 1.54) is 0 Å². The Labute approximate surface area is 193 Å². The maximum absolute atomic E-state index is 11.4. The third-order valence-electron chi connectivity index (χ3n) is 5.01. The highest BCUT2D eigenvalue weighted by Gasteiger charge is 2.16. The van der Waals surface area contributed by atoms with Crippen LogP contribution in [-0.2, 0) is 13.2 Å². The molecule has 0 spiro atoms. The average Bonchev–Trinajstić information content (AvgIpc) is 2.88. The van der Waals surface area contributed by atoms with Gasteiger partial charge in [0.2, 0.25) is 11.8 Å². The molecule has 0 saturated carbocycles. The summed E-state index contributed by atoms with van der Waals surface area (Å²) in [6.07, 6.45) is 0.814. The highest BCUT2D eigenvalue weighted by Crippen LogP contribution is 2.37. The molecule has 4 aromatic rings. The zero-order valence-corrected chi connectivity index (χ0v) is 18.4. The molecule has 1 heterocycles. The van der Waals surface area contributed by atoms with E-state index < -0.39 is 0 Å². The lowest BCUT2D eigenvalue weighted by Gasteiger charge is -2.16. The van der Waals surface area contributed by atoms with Gasteiger partial charge in [0.1, 0.15) is 25.2 Å². The van der Waals surface area contributed by atoms with Crippen molar-refractivity contribution in [3.05, 3.63) is 108 Å². The van der Waals surface area contributed by atoms with Crippen molar-refractivity contribution in [2.24, 2.45) is 0 Å². The minimum atomic E-state index is 0.348. The lowest BCUT2D eigenvalue weighted by molar-refractivity contribution is 0.112. The third kappa shape index (κ3) is 5.77. The van der Waals surface area contributed by atoms with E-state index in [0.717, 1.165) is 28.5 Å². The van der Waals surface area contributed by atoms with E-state index >= 15 is 0 Å². The number of hydrogen-bond donors (Lipinski definition) is 0. The van der Waals surface area contributed by atoms with Gasteiger partial charge in [0.25, 0.3) is 0 Å². The number of ether oxygens (including phenoxy) is 3. The zero-order chi connectivity index (χ0) is 22.9.